The van der Waals surface area contributed by atoms with E-state index in [-0.39, 0.29) is 5.56 Å². The summed E-state index contributed by atoms with van der Waals surface area (Å²) in [6, 6.07) is 6.04. The topological polar surface area (TPSA) is 4.93 Å². The molecule has 0 spiro atoms. The van der Waals surface area contributed by atoms with E-state index in [1.54, 1.807) is 7.05 Å². The highest BCUT2D eigenvalue weighted by Crippen LogP contribution is 2.41. The lowest BCUT2D eigenvalue weighted by atomic mass is 10.0. The first-order valence-corrected chi connectivity index (χ1v) is 5.42. The van der Waals surface area contributed by atoms with Gasteiger partial charge in [0.25, 0.3) is 0 Å². The molecule has 0 aliphatic carbocycles. The Hall–Kier alpha value is -1.92. The molecule has 0 unspecified atom stereocenters. The van der Waals surface area contributed by atoms with Gasteiger partial charge in [-0.2, -0.15) is 26.3 Å². The Morgan fingerprint density at radius 1 is 0.950 bits per heavy atom. The van der Waals surface area contributed by atoms with Crippen LogP contribution in [0.4, 0.5) is 26.3 Å². The summed E-state index contributed by atoms with van der Waals surface area (Å²) in [7, 11) is 1.57. The van der Waals surface area contributed by atoms with Gasteiger partial charge in [-0.1, -0.05) is 6.07 Å². The third-order valence-electron chi connectivity index (χ3n) is 2.79. The Bertz CT molecular complexity index is 621. The predicted molar refractivity (Wildman–Crippen MR) is 59.7 cm³/mol. The van der Waals surface area contributed by atoms with Gasteiger partial charge in [-0.3, -0.25) is 0 Å². The zero-order valence-corrected chi connectivity index (χ0v) is 10.1. The molecule has 0 amide bonds. The molecule has 0 saturated carbocycles. The van der Waals surface area contributed by atoms with Crippen molar-refractivity contribution in [2.24, 2.45) is 7.05 Å². The molecule has 0 bridgehead atoms. The van der Waals surface area contributed by atoms with Crippen LogP contribution in [0.25, 0.3) is 11.3 Å². The van der Waals surface area contributed by atoms with Crippen molar-refractivity contribution in [2.75, 3.05) is 0 Å². The molecule has 1 aromatic carbocycles. The minimum absolute atomic E-state index is 0.0501. The van der Waals surface area contributed by atoms with Crippen LogP contribution in [0.1, 0.15) is 11.1 Å². The van der Waals surface area contributed by atoms with Gasteiger partial charge in [-0.15, -0.1) is 0 Å². The largest absolute Gasteiger partial charge is 0.417 e. The quantitative estimate of drug-likeness (QED) is 0.681. The van der Waals surface area contributed by atoms with E-state index in [1.807, 2.05) is 0 Å². The fourth-order valence-corrected chi connectivity index (χ4v) is 1.87. The van der Waals surface area contributed by atoms with E-state index in [4.69, 9.17) is 0 Å². The molecule has 107 valence electrons. The van der Waals surface area contributed by atoms with Gasteiger partial charge in [0, 0.05) is 25.0 Å². The molecule has 7 heteroatoms. The SMILES string of the molecule is Cn1c[c]cc1-c1ccc(C(F)(F)F)c(C(F)(F)F)c1. The second kappa shape index (κ2) is 4.57. The van der Waals surface area contributed by atoms with Crippen molar-refractivity contribution in [3.63, 3.8) is 0 Å². The molecule has 0 aliphatic heterocycles. The number of halogens is 6. The van der Waals surface area contributed by atoms with Crippen LogP contribution in [-0.4, -0.2) is 4.57 Å². The van der Waals surface area contributed by atoms with Crippen LogP contribution in [0, 0.1) is 6.07 Å². The maximum Gasteiger partial charge on any atom is 0.417 e. The summed E-state index contributed by atoms with van der Waals surface area (Å²) in [5.74, 6) is 0. The monoisotopic (exact) mass is 292 g/mol. The van der Waals surface area contributed by atoms with Crippen LogP contribution in [0.15, 0.2) is 30.5 Å². The molecule has 1 aromatic heterocycles. The van der Waals surface area contributed by atoms with Gasteiger partial charge >= 0.3 is 12.4 Å². The van der Waals surface area contributed by atoms with Crippen LogP contribution in [0.5, 0.6) is 0 Å². The number of aryl methyl sites for hydroxylation is 1. The maximum absolute atomic E-state index is 12.8. The summed E-state index contributed by atoms with van der Waals surface area (Å²) >= 11 is 0. The zero-order valence-electron chi connectivity index (χ0n) is 10.1. The van der Waals surface area contributed by atoms with Crippen molar-refractivity contribution < 1.29 is 26.3 Å². The van der Waals surface area contributed by atoms with Gasteiger partial charge in [-0.25, -0.2) is 0 Å². The second-order valence-electron chi connectivity index (χ2n) is 4.19. The van der Waals surface area contributed by atoms with Gasteiger partial charge < -0.3 is 4.57 Å². The van der Waals surface area contributed by atoms with Crippen molar-refractivity contribution in [2.45, 2.75) is 12.4 Å². The number of hydrogen-bond acceptors (Lipinski definition) is 0. The molecular weight excluding hydrogens is 284 g/mol. The predicted octanol–water partition coefficient (Wildman–Crippen LogP) is 4.53. The highest BCUT2D eigenvalue weighted by atomic mass is 19.4. The minimum Gasteiger partial charge on any atom is -0.350 e. The maximum atomic E-state index is 12.8. The molecule has 0 aliphatic rings. The number of benzene rings is 1. The lowest BCUT2D eigenvalue weighted by Crippen LogP contribution is -2.16. The Morgan fingerprint density at radius 2 is 1.55 bits per heavy atom. The van der Waals surface area contributed by atoms with E-state index in [9.17, 15) is 26.3 Å². The van der Waals surface area contributed by atoms with Crippen LogP contribution < -0.4 is 0 Å². The number of alkyl halides is 6. The second-order valence-corrected chi connectivity index (χ2v) is 4.19. The van der Waals surface area contributed by atoms with E-state index >= 15 is 0 Å². The number of aromatic nitrogens is 1. The molecule has 1 nitrogen and oxygen atoms in total. The zero-order chi connectivity index (χ0) is 15.1. The summed E-state index contributed by atoms with van der Waals surface area (Å²) in [6.07, 6.45) is -8.65. The standard InChI is InChI=1S/C13H8F6N/c1-20-6-2-3-11(20)8-4-5-9(12(14,15)16)10(7-8)13(17,18)19/h3-7H,1H3. The molecule has 20 heavy (non-hydrogen) atoms. The highest BCUT2D eigenvalue weighted by Gasteiger charge is 2.43. The first-order chi connectivity index (χ1) is 9.10. The van der Waals surface area contributed by atoms with Gasteiger partial charge in [0.2, 0.25) is 0 Å². The lowest BCUT2D eigenvalue weighted by molar-refractivity contribution is -0.162. The Labute approximate surface area is 110 Å². The molecule has 2 rings (SSSR count). The minimum atomic E-state index is -5.07. The Morgan fingerprint density at radius 3 is 2.00 bits per heavy atom. The molecule has 1 radical (unpaired) electrons. The summed E-state index contributed by atoms with van der Waals surface area (Å²) in [5, 5.41) is 0. The first kappa shape index (κ1) is 14.5. The highest BCUT2D eigenvalue weighted by molar-refractivity contribution is 5.62. The fraction of sp³-hybridized carbons (Fsp3) is 0.231. The third kappa shape index (κ3) is 2.66. The third-order valence-corrected chi connectivity index (χ3v) is 2.79. The van der Waals surface area contributed by atoms with E-state index in [0.29, 0.717) is 17.8 Å². The molecule has 2 aromatic rings. The van der Waals surface area contributed by atoms with E-state index < -0.39 is 23.5 Å². The summed E-state index contributed by atoms with van der Waals surface area (Å²) in [5.41, 5.74) is -2.98. The van der Waals surface area contributed by atoms with Crippen LogP contribution in [-0.2, 0) is 19.4 Å². The summed E-state index contributed by atoms with van der Waals surface area (Å²) in [4.78, 5) is 0. The van der Waals surface area contributed by atoms with E-state index in [0.717, 1.165) is 6.07 Å². The number of rotatable bonds is 1. The average Bonchev–Trinajstić information content (AvgIpc) is 2.72. The number of hydrogen-bond donors (Lipinski definition) is 0. The molecule has 0 saturated heterocycles. The average molecular weight is 292 g/mol. The Balaban J connectivity index is 2.64. The molecule has 0 N–H and O–H groups in total. The van der Waals surface area contributed by atoms with Crippen molar-refractivity contribution in [1.29, 1.82) is 0 Å². The summed E-state index contributed by atoms with van der Waals surface area (Å²) in [6.45, 7) is 0. The summed E-state index contributed by atoms with van der Waals surface area (Å²) < 4.78 is 77.7. The molecule has 0 atom stereocenters. The van der Waals surface area contributed by atoms with Crippen molar-refractivity contribution in [3.05, 3.63) is 47.7 Å². The van der Waals surface area contributed by atoms with Gasteiger partial charge in [0.15, 0.2) is 0 Å². The Kier molecular flexibility index (Phi) is 3.31. The van der Waals surface area contributed by atoms with Crippen LogP contribution >= 0.6 is 0 Å². The van der Waals surface area contributed by atoms with Gasteiger partial charge in [-0.05, 0) is 23.8 Å². The lowest BCUT2D eigenvalue weighted by Gasteiger charge is -2.16. The molecular formula is C13H8F6N. The normalized spacial score (nSPS) is 12.8. The van der Waals surface area contributed by atoms with Gasteiger partial charge in [0.1, 0.15) is 0 Å². The molecule has 0 fully saturated rings. The van der Waals surface area contributed by atoms with Crippen molar-refractivity contribution in [3.8, 4) is 11.3 Å². The van der Waals surface area contributed by atoms with E-state index in [1.165, 1.54) is 16.8 Å². The van der Waals surface area contributed by atoms with Crippen LogP contribution in [0.2, 0.25) is 0 Å². The van der Waals surface area contributed by atoms with Crippen molar-refractivity contribution in [1.82, 2.24) is 4.57 Å². The van der Waals surface area contributed by atoms with E-state index in [2.05, 4.69) is 6.07 Å². The smallest absolute Gasteiger partial charge is 0.350 e. The number of nitrogens with zero attached hydrogens (tertiary/aromatic N) is 1. The van der Waals surface area contributed by atoms with Crippen molar-refractivity contribution >= 4 is 0 Å². The first-order valence-electron chi connectivity index (χ1n) is 5.42. The molecule has 1 heterocycles. The van der Waals surface area contributed by atoms with Gasteiger partial charge in [0.05, 0.1) is 11.1 Å². The fourth-order valence-electron chi connectivity index (χ4n) is 1.87. The van der Waals surface area contributed by atoms with Crippen LogP contribution in [0.3, 0.4) is 0 Å².